The molecule has 5 heteroatoms. The van der Waals surface area contributed by atoms with E-state index in [1.54, 1.807) is 22.7 Å². The summed E-state index contributed by atoms with van der Waals surface area (Å²) < 4.78 is 5.41. The number of nitrogen functional groups attached to an aromatic ring is 1. The van der Waals surface area contributed by atoms with Gasteiger partial charge in [0.1, 0.15) is 0 Å². The molecule has 0 aromatic carbocycles. The number of nitrogens with two attached hydrogens (primary N) is 1. The first-order valence-electron chi connectivity index (χ1n) is 5.67. The van der Waals surface area contributed by atoms with E-state index in [0.29, 0.717) is 5.82 Å². The van der Waals surface area contributed by atoms with Crippen molar-refractivity contribution in [3.8, 4) is 21.1 Å². The van der Waals surface area contributed by atoms with E-state index in [2.05, 4.69) is 24.2 Å². The molecule has 0 aliphatic carbocycles. The Morgan fingerprint density at radius 1 is 1.28 bits per heavy atom. The SMILES string of the molecule is CCc1ccc(-c2onc(N)c2-c2cccs2)s1. The second-order valence-electron chi connectivity index (χ2n) is 3.87. The van der Waals surface area contributed by atoms with Gasteiger partial charge in [0.2, 0.25) is 0 Å². The van der Waals surface area contributed by atoms with Crippen LogP contribution in [-0.4, -0.2) is 5.16 Å². The summed E-state index contributed by atoms with van der Waals surface area (Å²) in [4.78, 5) is 3.51. The molecule has 0 saturated heterocycles. The molecular weight excluding hydrogens is 264 g/mol. The van der Waals surface area contributed by atoms with E-state index < -0.39 is 0 Å². The highest BCUT2D eigenvalue weighted by atomic mass is 32.1. The number of thiophene rings is 2. The van der Waals surface area contributed by atoms with Gasteiger partial charge in [0.15, 0.2) is 11.6 Å². The maximum Gasteiger partial charge on any atom is 0.187 e. The second kappa shape index (κ2) is 4.59. The fourth-order valence-electron chi connectivity index (χ4n) is 1.82. The molecule has 0 bridgehead atoms. The van der Waals surface area contributed by atoms with Crippen molar-refractivity contribution in [2.75, 3.05) is 5.73 Å². The summed E-state index contributed by atoms with van der Waals surface area (Å²) in [5.41, 5.74) is 6.83. The highest BCUT2D eigenvalue weighted by Crippen LogP contribution is 2.41. The summed E-state index contributed by atoms with van der Waals surface area (Å²) in [5.74, 6) is 1.23. The average Bonchev–Trinajstić information content (AvgIpc) is 3.07. The van der Waals surface area contributed by atoms with Gasteiger partial charge in [-0.1, -0.05) is 18.1 Å². The van der Waals surface area contributed by atoms with Crippen molar-refractivity contribution in [2.24, 2.45) is 0 Å². The normalized spacial score (nSPS) is 10.9. The lowest BCUT2D eigenvalue weighted by Crippen LogP contribution is -1.86. The van der Waals surface area contributed by atoms with Crippen LogP contribution in [0.3, 0.4) is 0 Å². The first-order chi connectivity index (χ1) is 8.79. The largest absolute Gasteiger partial charge is 0.380 e. The predicted octanol–water partition coefficient (Wildman–Crippen LogP) is 4.28. The van der Waals surface area contributed by atoms with Crippen LogP contribution in [0, 0.1) is 0 Å². The Hall–Kier alpha value is -1.59. The van der Waals surface area contributed by atoms with Gasteiger partial charge in [-0.15, -0.1) is 22.7 Å². The highest BCUT2D eigenvalue weighted by molar-refractivity contribution is 7.16. The highest BCUT2D eigenvalue weighted by Gasteiger charge is 2.19. The van der Waals surface area contributed by atoms with Crippen LogP contribution in [0.25, 0.3) is 21.1 Å². The Labute approximate surface area is 113 Å². The summed E-state index contributed by atoms with van der Waals surface area (Å²) in [5, 5.41) is 5.93. The number of anilines is 1. The van der Waals surface area contributed by atoms with Gasteiger partial charge in [-0.25, -0.2) is 0 Å². The summed E-state index contributed by atoms with van der Waals surface area (Å²) in [6.07, 6.45) is 1.03. The van der Waals surface area contributed by atoms with E-state index in [4.69, 9.17) is 10.3 Å². The third-order valence-electron chi connectivity index (χ3n) is 2.72. The standard InChI is InChI=1S/C13H12N2OS2/c1-2-8-5-6-10(18-8)12-11(13(14)15-16-12)9-4-3-7-17-9/h3-7H,2H2,1H3,(H2,14,15). The zero-order chi connectivity index (χ0) is 12.5. The maximum absolute atomic E-state index is 5.92. The molecule has 0 spiro atoms. The fourth-order valence-corrected chi connectivity index (χ4v) is 3.53. The van der Waals surface area contributed by atoms with Gasteiger partial charge in [-0.05, 0) is 30.0 Å². The molecule has 3 aromatic heterocycles. The third-order valence-corrected chi connectivity index (χ3v) is 4.84. The van der Waals surface area contributed by atoms with Crippen molar-refractivity contribution in [1.29, 1.82) is 0 Å². The van der Waals surface area contributed by atoms with E-state index in [1.165, 1.54) is 4.88 Å². The molecule has 92 valence electrons. The number of nitrogens with zero attached hydrogens (tertiary/aromatic N) is 1. The predicted molar refractivity (Wildman–Crippen MR) is 76.9 cm³/mol. The number of rotatable bonds is 3. The zero-order valence-corrected chi connectivity index (χ0v) is 11.5. The van der Waals surface area contributed by atoms with Gasteiger partial charge in [0.25, 0.3) is 0 Å². The molecular formula is C13H12N2OS2. The third kappa shape index (κ3) is 1.85. The molecule has 0 amide bonds. The Morgan fingerprint density at radius 2 is 2.17 bits per heavy atom. The number of hydrogen-bond donors (Lipinski definition) is 1. The van der Waals surface area contributed by atoms with Crippen LogP contribution in [0.4, 0.5) is 5.82 Å². The maximum atomic E-state index is 5.92. The molecule has 3 aromatic rings. The number of aromatic nitrogens is 1. The summed E-state index contributed by atoms with van der Waals surface area (Å²) >= 11 is 3.37. The molecule has 3 nitrogen and oxygen atoms in total. The van der Waals surface area contributed by atoms with Crippen LogP contribution in [0.5, 0.6) is 0 Å². The minimum Gasteiger partial charge on any atom is -0.380 e. The van der Waals surface area contributed by atoms with E-state index in [1.807, 2.05) is 17.5 Å². The number of aryl methyl sites for hydroxylation is 1. The molecule has 0 fully saturated rings. The van der Waals surface area contributed by atoms with E-state index in [9.17, 15) is 0 Å². The molecule has 0 unspecified atom stereocenters. The van der Waals surface area contributed by atoms with E-state index >= 15 is 0 Å². The molecule has 0 aliphatic heterocycles. The Morgan fingerprint density at radius 3 is 2.83 bits per heavy atom. The Kier molecular flexibility index (Phi) is 2.93. The lowest BCUT2D eigenvalue weighted by Gasteiger charge is -1.96. The van der Waals surface area contributed by atoms with Gasteiger partial charge >= 0.3 is 0 Å². The van der Waals surface area contributed by atoms with Crippen LogP contribution < -0.4 is 5.73 Å². The molecule has 0 saturated carbocycles. The Balaban J connectivity index is 2.13. The van der Waals surface area contributed by atoms with Gasteiger partial charge in [-0.2, -0.15) is 0 Å². The van der Waals surface area contributed by atoms with E-state index in [-0.39, 0.29) is 0 Å². The first kappa shape index (κ1) is 11.5. The van der Waals surface area contributed by atoms with Gasteiger partial charge in [0.05, 0.1) is 10.4 Å². The van der Waals surface area contributed by atoms with Gasteiger partial charge in [0, 0.05) is 9.75 Å². The molecule has 0 atom stereocenters. The first-order valence-corrected chi connectivity index (χ1v) is 7.37. The number of hydrogen-bond acceptors (Lipinski definition) is 5. The smallest absolute Gasteiger partial charge is 0.187 e. The quantitative estimate of drug-likeness (QED) is 0.777. The van der Waals surface area contributed by atoms with Gasteiger partial charge in [-0.3, -0.25) is 0 Å². The van der Waals surface area contributed by atoms with Gasteiger partial charge < -0.3 is 10.3 Å². The van der Waals surface area contributed by atoms with Crippen LogP contribution in [-0.2, 0) is 6.42 Å². The Bertz CT molecular complexity index is 652. The zero-order valence-electron chi connectivity index (χ0n) is 9.84. The van der Waals surface area contributed by atoms with Crippen molar-refractivity contribution in [3.63, 3.8) is 0 Å². The van der Waals surface area contributed by atoms with Crippen LogP contribution in [0.2, 0.25) is 0 Å². The van der Waals surface area contributed by atoms with E-state index in [0.717, 1.165) is 27.5 Å². The summed E-state index contributed by atoms with van der Waals surface area (Å²) in [6, 6.07) is 8.23. The fraction of sp³-hybridized carbons (Fsp3) is 0.154. The van der Waals surface area contributed by atoms with Crippen molar-refractivity contribution < 1.29 is 4.52 Å². The molecule has 0 aliphatic rings. The summed E-state index contributed by atoms with van der Waals surface area (Å²) in [6.45, 7) is 2.14. The monoisotopic (exact) mass is 276 g/mol. The minimum absolute atomic E-state index is 0.457. The lowest BCUT2D eigenvalue weighted by molar-refractivity contribution is 0.437. The summed E-state index contributed by atoms with van der Waals surface area (Å²) in [7, 11) is 0. The molecule has 0 radical (unpaired) electrons. The molecule has 3 rings (SSSR count). The second-order valence-corrected chi connectivity index (χ2v) is 5.98. The van der Waals surface area contributed by atoms with Crippen LogP contribution in [0.15, 0.2) is 34.2 Å². The van der Waals surface area contributed by atoms with Crippen LogP contribution in [0.1, 0.15) is 11.8 Å². The topological polar surface area (TPSA) is 52.0 Å². The molecule has 3 heterocycles. The van der Waals surface area contributed by atoms with Crippen molar-refractivity contribution in [1.82, 2.24) is 5.16 Å². The van der Waals surface area contributed by atoms with Crippen molar-refractivity contribution in [2.45, 2.75) is 13.3 Å². The lowest BCUT2D eigenvalue weighted by atomic mass is 10.2. The van der Waals surface area contributed by atoms with Crippen molar-refractivity contribution >= 4 is 28.5 Å². The van der Waals surface area contributed by atoms with Crippen LogP contribution >= 0.6 is 22.7 Å². The van der Waals surface area contributed by atoms with Crippen molar-refractivity contribution in [3.05, 3.63) is 34.5 Å². The average molecular weight is 276 g/mol. The molecule has 2 N–H and O–H groups in total. The minimum atomic E-state index is 0.457. The molecule has 18 heavy (non-hydrogen) atoms.